The molecule has 4 rings (SSSR count). The van der Waals surface area contributed by atoms with Crippen molar-refractivity contribution in [2.24, 2.45) is 5.73 Å². The zero-order valence-corrected chi connectivity index (χ0v) is 15.8. The van der Waals surface area contributed by atoms with Crippen LogP contribution in [0.3, 0.4) is 0 Å². The molecule has 1 aliphatic heterocycles. The zero-order chi connectivity index (χ0) is 19.0. The van der Waals surface area contributed by atoms with Crippen molar-refractivity contribution in [3.8, 4) is 5.88 Å². The summed E-state index contributed by atoms with van der Waals surface area (Å²) in [6.45, 7) is 0. The topological polar surface area (TPSA) is 93.4 Å². The van der Waals surface area contributed by atoms with Gasteiger partial charge in [0.2, 0.25) is 11.8 Å². The van der Waals surface area contributed by atoms with Crippen molar-refractivity contribution in [3.05, 3.63) is 46.6 Å². The predicted molar refractivity (Wildman–Crippen MR) is 103 cm³/mol. The first kappa shape index (κ1) is 18.0. The van der Waals surface area contributed by atoms with Crippen LogP contribution in [-0.4, -0.2) is 40.0 Å². The summed E-state index contributed by atoms with van der Waals surface area (Å²) in [4.78, 5) is 23.2. The van der Waals surface area contributed by atoms with E-state index in [9.17, 15) is 4.79 Å². The molecule has 1 aromatic carbocycles. The van der Waals surface area contributed by atoms with E-state index in [0.717, 1.165) is 31.2 Å². The quantitative estimate of drug-likeness (QED) is 0.837. The van der Waals surface area contributed by atoms with Gasteiger partial charge in [-0.05, 0) is 31.7 Å². The minimum absolute atomic E-state index is 0.0214. The number of rotatable bonds is 4. The van der Waals surface area contributed by atoms with E-state index < -0.39 is 0 Å². The van der Waals surface area contributed by atoms with Crippen LogP contribution < -0.4 is 15.8 Å². The molecule has 3 atom stereocenters. The van der Waals surface area contributed by atoms with Crippen LogP contribution in [-0.2, 0) is 0 Å². The van der Waals surface area contributed by atoms with Gasteiger partial charge < -0.3 is 20.7 Å². The van der Waals surface area contributed by atoms with Gasteiger partial charge in [-0.15, -0.1) is 0 Å². The Morgan fingerprint density at radius 3 is 2.93 bits per heavy atom. The van der Waals surface area contributed by atoms with E-state index in [4.69, 9.17) is 22.1 Å². The first-order valence-corrected chi connectivity index (χ1v) is 9.46. The summed E-state index contributed by atoms with van der Waals surface area (Å²) in [6, 6.07) is 7.82. The highest BCUT2D eigenvalue weighted by molar-refractivity contribution is 6.31. The zero-order valence-electron chi connectivity index (χ0n) is 15.1. The Balaban J connectivity index is 1.48. The number of halogens is 1. The monoisotopic (exact) mass is 387 g/mol. The van der Waals surface area contributed by atoms with Crippen LogP contribution >= 0.6 is 11.6 Å². The van der Waals surface area contributed by atoms with E-state index >= 15 is 0 Å². The highest BCUT2D eigenvalue weighted by atomic mass is 35.5. The van der Waals surface area contributed by atoms with Gasteiger partial charge in [0.25, 0.3) is 5.91 Å². The number of aromatic nitrogens is 2. The van der Waals surface area contributed by atoms with Crippen molar-refractivity contribution >= 4 is 23.5 Å². The molecule has 3 N–H and O–H groups in total. The highest BCUT2D eigenvalue weighted by Gasteiger charge is 2.40. The standard InChI is InChI=1S/C19H22ClN5O2/c1-27-17-15(20)10-22-19(24-17)23-11-5-4-6-12(9-11)25-16(21)13-7-2-3-8-14(13)18(25)26/h2-3,7-8,10-12,16H,4-6,9,21H2,1H3,(H,22,23,24)/t11-,12+,16?/m1/s1. The average Bonchev–Trinajstić information content (AvgIpc) is 2.94. The van der Waals surface area contributed by atoms with Crippen LogP contribution in [0.5, 0.6) is 5.88 Å². The summed E-state index contributed by atoms with van der Waals surface area (Å²) in [5.41, 5.74) is 8.01. The molecule has 1 aliphatic carbocycles. The van der Waals surface area contributed by atoms with Gasteiger partial charge in [-0.2, -0.15) is 4.98 Å². The van der Waals surface area contributed by atoms with Crippen LogP contribution in [0.4, 0.5) is 5.95 Å². The van der Waals surface area contributed by atoms with E-state index in [1.54, 1.807) is 0 Å². The first-order chi connectivity index (χ1) is 13.1. The first-order valence-electron chi connectivity index (χ1n) is 9.08. The Morgan fingerprint density at radius 1 is 1.33 bits per heavy atom. The fourth-order valence-corrected chi connectivity index (χ4v) is 4.22. The summed E-state index contributed by atoms with van der Waals surface area (Å²) in [7, 11) is 1.52. The smallest absolute Gasteiger partial charge is 0.256 e. The summed E-state index contributed by atoms with van der Waals surface area (Å²) >= 11 is 5.99. The Kier molecular flexibility index (Phi) is 4.88. The summed E-state index contributed by atoms with van der Waals surface area (Å²) < 4.78 is 5.15. The molecule has 1 fully saturated rings. The third-order valence-electron chi connectivity index (χ3n) is 5.32. The Morgan fingerprint density at radius 2 is 2.15 bits per heavy atom. The molecule has 27 heavy (non-hydrogen) atoms. The summed E-state index contributed by atoms with van der Waals surface area (Å²) in [6.07, 6.45) is 4.85. The largest absolute Gasteiger partial charge is 0.480 e. The van der Waals surface area contributed by atoms with Crippen LogP contribution in [0.15, 0.2) is 30.5 Å². The van der Waals surface area contributed by atoms with Crippen molar-refractivity contribution in [1.82, 2.24) is 14.9 Å². The van der Waals surface area contributed by atoms with Crippen LogP contribution in [0, 0.1) is 0 Å². The van der Waals surface area contributed by atoms with E-state index in [1.165, 1.54) is 13.3 Å². The lowest BCUT2D eigenvalue weighted by atomic mass is 9.90. The number of nitrogens with one attached hydrogen (secondary N) is 1. The molecule has 1 aromatic heterocycles. The molecule has 0 bridgehead atoms. The third-order valence-corrected chi connectivity index (χ3v) is 5.58. The molecule has 7 nitrogen and oxygen atoms in total. The fraction of sp³-hybridized carbons (Fsp3) is 0.421. The number of fused-ring (bicyclic) bond motifs is 1. The lowest BCUT2D eigenvalue weighted by Crippen LogP contribution is -2.46. The Hall–Kier alpha value is -2.38. The van der Waals surface area contributed by atoms with Crippen LogP contribution in [0.2, 0.25) is 5.02 Å². The summed E-state index contributed by atoms with van der Waals surface area (Å²) in [5.74, 6) is 0.837. The molecule has 2 aromatic rings. The molecule has 1 saturated carbocycles. The maximum atomic E-state index is 12.9. The highest BCUT2D eigenvalue weighted by Crippen LogP contribution is 2.36. The molecule has 0 saturated heterocycles. The number of carbonyl (C=O) groups excluding carboxylic acids is 1. The number of amides is 1. The number of hydrogen-bond acceptors (Lipinski definition) is 6. The summed E-state index contributed by atoms with van der Waals surface area (Å²) in [5, 5.41) is 3.72. The molecule has 1 amide bonds. The fourth-order valence-electron chi connectivity index (χ4n) is 4.05. The molecule has 8 heteroatoms. The maximum Gasteiger partial charge on any atom is 0.256 e. The van der Waals surface area contributed by atoms with Gasteiger partial charge in [-0.25, -0.2) is 4.98 Å². The van der Waals surface area contributed by atoms with Gasteiger partial charge >= 0.3 is 0 Å². The van der Waals surface area contributed by atoms with Gasteiger partial charge in [-0.3, -0.25) is 4.79 Å². The number of hydrogen-bond donors (Lipinski definition) is 2. The number of carbonyl (C=O) groups is 1. The van der Waals surface area contributed by atoms with Gasteiger partial charge in [-0.1, -0.05) is 29.8 Å². The molecule has 0 radical (unpaired) electrons. The minimum Gasteiger partial charge on any atom is -0.480 e. The van der Waals surface area contributed by atoms with E-state index in [2.05, 4.69) is 15.3 Å². The van der Waals surface area contributed by atoms with Crippen molar-refractivity contribution in [1.29, 1.82) is 0 Å². The van der Waals surface area contributed by atoms with E-state index in [-0.39, 0.29) is 24.2 Å². The van der Waals surface area contributed by atoms with E-state index in [0.29, 0.717) is 22.4 Å². The Bertz CT molecular complexity index is 862. The van der Waals surface area contributed by atoms with Crippen LogP contribution in [0.1, 0.15) is 47.8 Å². The Labute approximate surface area is 162 Å². The van der Waals surface area contributed by atoms with E-state index in [1.807, 2.05) is 29.2 Å². The second kappa shape index (κ2) is 7.32. The number of anilines is 1. The number of nitrogens with two attached hydrogens (primary N) is 1. The molecule has 1 unspecified atom stereocenters. The SMILES string of the molecule is COc1nc(N[C@@H]2CCC[C@H](N3C(=O)c4ccccc4C3N)C2)ncc1Cl. The predicted octanol–water partition coefficient (Wildman–Crippen LogP) is 2.98. The molecule has 0 spiro atoms. The molecular formula is C19H22ClN5O2. The number of nitrogens with zero attached hydrogens (tertiary/aromatic N) is 3. The molecule has 142 valence electrons. The van der Waals surface area contributed by atoms with Gasteiger partial charge in [0.05, 0.1) is 13.3 Å². The van der Waals surface area contributed by atoms with Gasteiger partial charge in [0.1, 0.15) is 11.2 Å². The second-order valence-corrected chi connectivity index (χ2v) is 7.36. The second-order valence-electron chi connectivity index (χ2n) is 6.96. The van der Waals surface area contributed by atoms with Crippen molar-refractivity contribution in [2.45, 2.75) is 43.9 Å². The number of benzene rings is 1. The van der Waals surface area contributed by atoms with Crippen molar-refractivity contribution in [3.63, 3.8) is 0 Å². The van der Waals surface area contributed by atoms with Crippen molar-refractivity contribution < 1.29 is 9.53 Å². The maximum absolute atomic E-state index is 12.9. The molecular weight excluding hydrogens is 366 g/mol. The minimum atomic E-state index is -0.385. The van der Waals surface area contributed by atoms with Gasteiger partial charge in [0, 0.05) is 23.2 Å². The van der Waals surface area contributed by atoms with Crippen molar-refractivity contribution in [2.75, 3.05) is 12.4 Å². The lowest BCUT2D eigenvalue weighted by molar-refractivity contribution is 0.0570. The van der Waals surface area contributed by atoms with Crippen LogP contribution in [0.25, 0.3) is 0 Å². The number of methoxy groups -OCH3 is 1. The molecule has 2 aliphatic rings. The normalized spacial score (nSPS) is 24.6. The molecule has 2 heterocycles. The van der Waals surface area contributed by atoms with Gasteiger partial charge in [0.15, 0.2) is 0 Å². The third kappa shape index (κ3) is 3.33. The number of ether oxygens (including phenoxy) is 1. The average molecular weight is 388 g/mol. The lowest BCUT2D eigenvalue weighted by Gasteiger charge is -2.37.